The van der Waals surface area contributed by atoms with Gasteiger partial charge < -0.3 is 20.1 Å². The second-order valence-electron chi connectivity index (χ2n) is 9.58. The van der Waals surface area contributed by atoms with Crippen LogP contribution in [0.4, 0.5) is 0 Å². The molecule has 3 unspecified atom stereocenters. The molecule has 154 valence electrons. The van der Waals surface area contributed by atoms with Crippen LogP contribution in [0.2, 0.25) is 0 Å². The Morgan fingerprint density at radius 1 is 1.26 bits per heavy atom. The Hall–Kier alpha value is -0.790. The summed E-state index contributed by atoms with van der Waals surface area (Å²) in [4.78, 5) is 27.0. The number of rotatable bonds is 4. The minimum absolute atomic E-state index is 0.0223. The van der Waals surface area contributed by atoms with E-state index in [9.17, 15) is 14.7 Å². The number of nitrogens with zero attached hydrogens (tertiary/aromatic N) is 1. The average molecular weight is 399 g/mol. The number of nitrogens with one attached hydrogen (secondary N) is 1. The Morgan fingerprint density at radius 2 is 1.96 bits per heavy atom. The molecule has 1 spiro atoms. The maximum atomic E-state index is 12.7. The number of carbonyl (C=O) groups excluding carboxylic acids is 2. The van der Waals surface area contributed by atoms with E-state index < -0.39 is 0 Å². The van der Waals surface area contributed by atoms with Crippen LogP contribution >= 0.6 is 11.8 Å². The molecule has 27 heavy (non-hydrogen) atoms. The highest BCUT2D eigenvalue weighted by Gasteiger charge is 2.48. The fourth-order valence-electron chi connectivity index (χ4n) is 4.63. The Balaban J connectivity index is 1.52. The lowest BCUT2D eigenvalue weighted by atomic mass is 9.76. The molecule has 3 rings (SSSR count). The van der Waals surface area contributed by atoms with Crippen molar-refractivity contribution in [1.82, 2.24) is 10.2 Å². The molecule has 0 radical (unpaired) electrons. The number of amides is 2. The van der Waals surface area contributed by atoms with E-state index in [1.807, 2.05) is 20.8 Å². The highest BCUT2D eigenvalue weighted by atomic mass is 32.2. The fourth-order valence-corrected chi connectivity index (χ4v) is 5.81. The Bertz CT molecular complexity index is 557. The van der Waals surface area contributed by atoms with Gasteiger partial charge in [-0.25, -0.2) is 0 Å². The van der Waals surface area contributed by atoms with Gasteiger partial charge in [0, 0.05) is 43.3 Å². The minimum atomic E-state index is -0.388. The van der Waals surface area contributed by atoms with Crippen LogP contribution in [0.1, 0.15) is 52.9 Å². The predicted octanol–water partition coefficient (Wildman–Crippen LogP) is 2.01. The van der Waals surface area contributed by atoms with Crippen LogP contribution in [0.5, 0.6) is 0 Å². The number of ether oxygens (including phenoxy) is 1. The summed E-state index contributed by atoms with van der Waals surface area (Å²) >= 11 is 1.63. The number of hydrogen-bond donors (Lipinski definition) is 2. The molecule has 0 aromatic heterocycles. The number of carbonyl (C=O) groups is 2. The van der Waals surface area contributed by atoms with Crippen LogP contribution in [-0.2, 0) is 14.3 Å². The van der Waals surface area contributed by atoms with E-state index in [0.717, 1.165) is 38.9 Å². The molecule has 2 aliphatic heterocycles. The highest BCUT2D eigenvalue weighted by molar-refractivity contribution is 7.99. The van der Waals surface area contributed by atoms with Crippen LogP contribution in [0.15, 0.2) is 0 Å². The molecule has 1 aliphatic carbocycles. The van der Waals surface area contributed by atoms with E-state index in [4.69, 9.17) is 4.74 Å². The largest absolute Gasteiger partial charge is 0.392 e. The van der Waals surface area contributed by atoms with Crippen molar-refractivity contribution in [2.45, 2.75) is 65.0 Å². The van der Waals surface area contributed by atoms with E-state index in [-0.39, 0.29) is 40.7 Å². The van der Waals surface area contributed by atoms with Gasteiger partial charge in [-0.05, 0) is 31.1 Å². The van der Waals surface area contributed by atoms with Gasteiger partial charge in [-0.1, -0.05) is 20.8 Å². The van der Waals surface area contributed by atoms with E-state index in [1.54, 1.807) is 16.7 Å². The Labute approximate surface area is 166 Å². The first-order valence-corrected chi connectivity index (χ1v) is 11.3. The Morgan fingerprint density at radius 3 is 2.63 bits per heavy atom. The summed E-state index contributed by atoms with van der Waals surface area (Å²) in [6, 6.07) is -0.388. The summed E-state index contributed by atoms with van der Waals surface area (Å²) in [6.07, 6.45) is 3.84. The third kappa shape index (κ3) is 4.80. The van der Waals surface area contributed by atoms with Crippen LogP contribution in [0.3, 0.4) is 0 Å². The normalized spacial score (nSPS) is 30.7. The zero-order chi connectivity index (χ0) is 19.7. The first-order valence-electron chi connectivity index (χ1n) is 10.1. The van der Waals surface area contributed by atoms with Crippen LogP contribution in [0, 0.1) is 16.7 Å². The molecule has 3 aliphatic rings. The van der Waals surface area contributed by atoms with Gasteiger partial charge in [0.05, 0.1) is 12.0 Å². The zero-order valence-corrected chi connectivity index (χ0v) is 17.6. The molecular weight excluding hydrogens is 364 g/mol. The topological polar surface area (TPSA) is 78.9 Å². The van der Waals surface area contributed by atoms with Gasteiger partial charge in [-0.3, -0.25) is 9.59 Å². The second kappa shape index (κ2) is 8.29. The maximum absolute atomic E-state index is 12.7. The van der Waals surface area contributed by atoms with Gasteiger partial charge in [0.25, 0.3) is 0 Å². The number of aliphatic hydroxyl groups excluding tert-OH is 1. The maximum Gasteiger partial charge on any atom is 0.243 e. The van der Waals surface area contributed by atoms with Crippen molar-refractivity contribution < 1.29 is 19.4 Å². The minimum Gasteiger partial charge on any atom is -0.392 e. The molecule has 3 fully saturated rings. The number of thioether (sulfide) groups is 1. The zero-order valence-electron chi connectivity index (χ0n) is 16.8. The van der Waals surface area contributed by atoms with Crippen molar-refractivity contribution in [1.29, 1.82) is 0 Å². The van der Waals surface area contributed by atoms with Crippen molar-refractivity contribution in [3.63, 3.8) is 0 Å². The average Bonchev–Trinajstić information content (AvgIpc) is 3.20. The standard InChI is InChI=1S/C20H34N2O4S/c1-19(2,3)10-16(23)22-13-27-12-15(22)18(25)21-11-14-4-5-20(17(14)24)6-8-26-9-7-20/h14-15,17,24H,4-13H2,1-3H3,(H,21,25). The molecule has 0 aromatic rings. The van der Waals surface area contributed by atoms with Crippen molar-refractivity contribution in [3.05, 3.63) is 0 Å². The fraction of sp³-hybridized carbons (Fsp3) is 0.900. The van der Waals surface area contributed by atoms with Gasteiger partial charge in [0.2, 0.25) is 11.8 Å². The van der Waals surface area contributed by atoms with Gasteiger partial charge in [-0.15, -0.1) is 11.8 Å². The van der Waals surface area contributed by atoms with Crippen molar-refractivity contribution in [3.8, 4) is 0 Å². The van der Waals surface area contributed by atoms with E-state index in [0.29, 0.717) is 24.6 Å². The molecule has 1 saturated carbocycles. The summed E-state index contributed by atoms with van der Waals surface area (Å²) in [7, 11) is 0. The lowest BCUT2D eigenvalue weighted by molar-refractivity contribution is -0.139. The second-order valence-corrected chi connectivity index (χ2v) is 10.6. The third-order valence-corrected chi connectivity index (χ3v) is 7.31. The summed E-state index contributed by atoms with van der Waals surface area (Å²) in [5.74, 6) is 1.30. The van der Waals surface area contributed by atoms with E-state index in [2.05, 4.69) is 5.32 Å². The number of aliphatic hydroxyl groups is 1. The predicted molar refractivity (Wildman–Crippen MR) is 106 cm³/mol. The first kappa shape index (κ1) is 20.9. The smallest absolute Gasteiger partial charge is 0.243 e. The highest BCUT2D eigenvalue weighted by Crippen LogP contribution is 2.48. The van der Waals surface area contributed by atoms with E-state index >= 15 is 0 Å². The summed E-state index contributed by atoms with van der Waals surface area (Å²) in [5, 5.41) is 13.9. The van der Waals surface area contributed by atoms with Gasteiger partial charge in [0.15, 0.2) is 0 Å². The van der Waals surface area contributed by atoms with Crippen molar-refractivity contribution in [2.24, 2.45) is 16.7 Å². The monoisotopic (exact) mass is 398 g/mol. The third-order valence-electron chi connectivity index (χ3n) is 6.30. The molecule has 3 atom stereocenters. The van der Waals surface area contributed by atoms with Crippen molar-refractivity contribution >= 4 is 23.6 Å². The summed E-state index contributed by atoms with van der Waals surface area (Å²) in [6.45, 7) is 8.05. The lowest BCUT2D eigenvalue weighted by Crippen LogP contribution is -2.49. The van der Waals surface area contributed by atoms with Crippen molar-refractivity contribution in [2.75, 3.05) is 31.4 Å². The molecule has 7 heteroatoms. The molecule has 2 saturated heterocycles. The van der Waals surface area contributed by atoms with Crippen LogP contribution < -0.4 is 5.32 Å². The number of hydrogen-bond acceptors (Lipinski definition) is 5. The van der Waals surface area contributed by atoms with Crippen LogP contribution in [-0.4, -0.2) is 65.4 Å². The molecule has 6 nitrogen and oxygen atoms in total. The van der Waals surface area contributed by atoms with E-state index in [1.165, 1.54) is 0 Å². The van der Waals surface area contributed by atoms with Gasteiger partial charge >= 0.3 is 0 Å². The van der Waals surface area contributed by atoms with Gasteiger partial charge in [-0.2, -0.15) is 0 Å². The molecule has 2 amide bonds. The first-order chi connectivity index (χ1) is 12.7. The molecule has 0 aromatic carbocycles. The molecule has 0 bridgehead atoms. The molecule has 2 N–H and O–H groups in total. The summed E-state index contributed by atoms with van der Waals surface area (Å²) in [5.41, 5.74) is -0.108. The Kier molecular flexibility index (Phi) is 6.43. The van der Waals surface area contributed by atoms with Gasteiger partial charge in [0.1, 0.15) is 6.04 Å². The molecular formula is C20H34N2O4S. The van der Waals surface area contributed by atoms with Crippen LogP contribution in [0.25, 0.3) is 0 Å². The summed E-state index contributed by atoms with van der Waals surface area (Å²) < 4.78 is 5.45. The lowest BCUT2D eigenvalue weighted by Gasteiger charge is -2.37. The quantitative estimate of drug-likeness (QED) is 0.757. The SMILES string of the molecule is CC(C)(C)CC(=O)N1CSCC1C(=O)NCC1CCC2(CCOCC2)C1O. The molecule has 2 heterocycles.